The first-order valence-corrected chi connectivity index (χ1v) is 14.4. The highest BCUT2D eigenvalue weighted by Crippen LogP contribution is 2.40. The summed E-state index contributed by atoms with van der Waals surface area (Å²) in [6, 6.07) is 8.11. The molecule has 2 fully saturated rings. The first kappa shape index (κ1) is 28.6. The largest absolute Gasteiger partial charge is 0.385 e. The van der Waals surface area contributed by atoms with Crippen LogP contribution in [0.5, 0.6) is 0 Å². The van der Waals surface area contributed by atoms with Crippen molar-refractivity contribution in [3.8, 4) is 0 Å². The summed E-state index contributed by atoms with van der Waals surface area (Å²) in [5, 5.41) is 20.7. The summed E-state index contributed by atoms with van der Waals surface area (Å²) < 4.78 is 5.25. The summed E-state index contributed by atoms with van der Waals surface area (Å²) in [5.41, 5.74) is -0.0159. The van der Waals surface area contributed by atoms with E-state index in [-0.39, 0.29) is 5.92 Å². The van der Waals surface area contributed by atoms with Crippen LogP contribution < -0.4 is 10.6 Å². The fourth-order valence-electron chi connectivity index (χ4n) is 6.07. The van der Waals surface area contributed by atoms with Gasteiger partial charge in [0.1, 0.15) is 0 Å². The molecule has 2 aliphatic rings. The van der Waals surface area contributed by atoms with Gasteiger partial charge in [-0.1, -0.05) is 55.8 Å². The Labute approximate surface area is 223 Å². The van der Waals surface area contributed by atoms with Crippen molar-refractivity contribution in [2.75, 3.05) is 40.4 Å². The molecule has 5 nitrogen and oxygen atoms in total. The van der Waals surface area contributed by atoms with Gasteiger partial charge in [-0.15, -0.1) is 0 Å². The van der Waals surface area contributed by atoms with Crippen LogP contribution in [0.15, 0.2) is 24.3 Å². The molecule has 0 amide bonds. The summed E-state index contributed by atoms with van der Waals surface area (Å²) in [4.78, 5) is 2.29. The highest BCUT2D eigenvalue weighted by molar-refractivity contribution is 7.80. The Hall–Kier alpha value is -0.920. The van der Waals surface area contributed by atoms with E-state index in [0.29, 0.717) is 24.1 Å². The Balaban J connectivity index is 1.67. The van der Waals surface area contributed by atoms with E-state index in [0.717, 1.165) is 61.9 Å². The molecule has 7 heteroatoms. The number of benzene rings is 1. The van der Waals surface area contributed by atoms with E-state index in [1.807, 2.05) is 31.3 Å². The lowest BCUT2D eigenvalue weighted by Gasteiger charge is -2.44. The number of nitrogens with zero attached hydrogens (tertiary/aromatic N) is 1. The van der Waals surface area contributed by atoms with Gasteiger partial charge in [-0.2, -0.15) is 0 Å². The molecule has 1 saturated heterocycles. The molecule has 198 valence electrons. The lowest BCUT2D eigenvalue weighted by molar-refractivity contribution is -0.0540. The number of likely N-dealkylation sites (tertiary alicyclic amines) is 1. The average Bonchev–Trinajstić information content (AvgIpc) is 2.87. The number of hydrogen-bond donors (Lipinski definition) is 3. The van der Waals surface area contributed by atoms with Crippen molar-refractivity contribution < 1.29 is 9.84 Å². The van der Waals surface area contributed by atoms with E-state index < -0.39 is 5.60 Å². The standard InChI is InChI=1S/C28H46ClN3O2S/c1-30-20-26(18-22-10-4-3-5-11-22)31-27(35)32-16-9-13-24(21-32)28(33,15-6-7-17-34-2)23-12-8-14-25(29)19-23/h8,12,14,19,22,24,26,30,33H,3-7,9-11,13,15-18,20-21H2,1-2H3,(H,31,35). The van der Waals surface area contributed by atoms with Crippen LogP contribution in [0.25, 0.3) is 0 Å². The minimum atomic E-state index is -0.931. The maximum absolute atomic E-state index is 12.1. The number of piperidine rings is 1. The number of methoxy groups -OCH3 is 1. The van der Waals surface area contributed by atoms with E-state index >= 15 is 0 Å². The minimum Gasteiger partial charge on any atom is -0.385 e. The summed E-state index contributed by atoms with van der Waals surface area (Å²) >= 11 is 12.3. The molecule has 3 N–H and O–H groups in total. The van der Waals surface area contributed by atoms with Crippen molar-refractivity contribution in [1.82, 2.24) is 15.5 Å². The first-order chi connectivity index (χ1) is 17.0. The van der Waals surface area contributed by atoms with Crippen molar-refractivity contribution in [2.24, 2.45) is 11.8 Å². The van der Waals surface area contributed by atoms with Crippen LogP contribution in [-0.2, 0) is 10.3 Å². The van der Waals surface area contributed by atoms with Crippen molar-refractivity contribution in [3.05, 3.63) is 34.9 Å². The quantitative estimate of drug-likeness (QED) is 0.249. The SMILES string of the molecule is CNCC(CC1CCCCC1)NC(=S)N1CCCC(C(O)(CCCCOC)c2cccc(Cl)c2)C1. The number of thiocarbonyl (C=S) groups is 1. The second-order valence-corrected chi connectivity index (χ2v) is 11.4. The molecule has 1 heterocycles. The lowest BCUT2D eigenvalue weighted by atomic mass is 9.74. The van der Waals surface area contributed by atoms with E-state index in [4.69, 9.17) is 28.6 Å². The number of rotatable bonds is 12. The molecule has 0 radical (unpaired) electrons. The number of halogens is 1. The molecule has 0 bridgehead atoms. The van der Waals surface area contributed by atoms with Crippen molar-refractivity contribution in [1.29, 1.82) is 0 Å². The molecule has 1 aliphatic carbocycles. The maximum atomic E-state index is 12.1. The van der Waals surface area contributed by atoms with Gasteiger partial charge in [0.2, 0.25) is 0 Å². The lowest BCUT2D eigenvalue weighted by Crippen LogP contribution is -2.53. The number of likely N-dealkylation sites (N-methyl/N-ethyl adjacent to an activating group) is 1. The van der Waals surface area contributed by atoms with E-state index in [2.05, 4.69) is 15.5 Å². The third kappa shape index (κ3) is 8.57. The molecule has 1 aliphatic heterocycles. The Kier molecular flexibility index (Phi) is 12.1. The van der Waals surface area contributed by atoms with E-state index in [1.165, 1.54) is 38.5 Å². The predicted octanol–water partition coefficient (Wildman–Crippen LogP) is 5.49. The molecule has 3 atom stereocenters. The molecule has 0 aromatic heterocycles. The normalized spacial score (nSPS) is 21.9. The van der Waals surface area contributed by atoms with Crippen LogP contribution in [-0.4, -0.2) is 61.6 Å². The highest BCUT2D eigenvalue weighted by Gasteiger charge is 2.41. The van der Waals surface area contributed by atoms with Crippen LogP contribution in [0.1, 0.15) is 76.2 Å². The van der Waals surface area contributed by atoms with Crippen LogP contribution in [0, 0.1) is 11.8 Å². The third-order valence-electron chi connectivity index (χ3n) is 7.99. The predicted molar refractivity (Wildman–Crippen MR) is 150 cm³/mol. The van der Waals surface area contributed by atoms with E-state index in [9.17, 15) is 5.11 Å². The minimum absolute atomic E-state index is 0.0955. The molecular weight excluding hydrogens is 478 g/mol. The van der Waals surface area contributed by atoms with Gasteiger partial charge in [0.15, 0.2) is 5.11 Å². The summed E-state index contributed by atoms with van der Waals surface area (Å²) in [5.74, 6) is 0.893. The molecule has 3 unspecified atom stereocenters. The fraction of sp³-hybridized carbons (Fsp3) is 0.750. The van der Waals surface area contributed by atoms with Crippen molar-refractivity contribution in [3.63, 3.8) is 0 Å². The van der Waals surface area contributed by atoms with Crippen LogP contribution >= 0.6 is 23.8 Å². The molecule has 35 heavy (non-hydrogen) atoms. The molecule has 1 aromatic carbocycles. The van der Waals surface area contributed by atoms with Gasteiger partial charge >= 0.3 is 0 Å². The molecule has 3 rings (SSSR count). The molecule has 1 saturated carbocycles. The van der Waals surface area contributed by atoms with Gasteiger partial charge in [-0.3, -0.25) is 0 Å². The fourth-order valence-corrected chi connectivity index (χ4v) is 6.59. The number of ether oxygens (including phenoxy) is 1. The molecule has 0 spiro atoms. The Morgan fingerprint density at radius 2 is 2.03 bits per heavy atom. The van der Waals surface area contributed by atoms with E-state index in [1.54, 1.807) is 7.11 Å². The third-order valence-corrected chi connectivity index (χ3v) is 8.60. The van der Waals surface area contributed by atoms with Crippen LogP contribution in [0.4, 0.5) is 0 Å². The monoisotopic (exact) mass is 523 g/mol. The van der Waals surface area contributed by atoms with Gasteiger partial charge in [-0.25, -0.2) is 0 Å². The second-order valence-electron chi connectivity index (χ2n) is 10.6. The zero-order valence-electron chi connectivity index (χ0n) is 21.7. The summed E-state index contributed by atoms with van der Waals surface area (Å²) in [6.07, 6.45) is 12.5. The van der Waals surface area contributed by atoms with Crippen molar-refractivity contribution in [2.45, 2.75) is 82.3 Å². The van der Waals surface area contributed by atoms with Crippen LogP contribution in [0.3, 0.4) is 0 Å². The second kappa shape index (κ2) is 14.7. The topological polar surface area (TPSA) is 56.8 Å². The van der Waals surface area contributed by atoms with Gasteiger partial charge in [0, 0.05) is 50.3 Å². The Morgan fingerprint density at radius 3 is 2.74 bits per heavy atom. The Morgan fingerprint density at radius 1 is 1.23 bits per heavy atom. The average molecular weight is 524 g/mol. The summed E-state index contributed by atoms with van der Waals surface area (Å²) in [6.45, 7) is 3.33. The van der Waals surface area contributed by atoms with Crippen molar-refractivity contribution >= 4 is 28.9 Å². The molecule has 1 aromatic rings. The number of nitrogens with one attached hydrogen (secondary N) is 2. The van der Waals surface area contributed by atoms with Gasteiger partial charge in [0.25, 0.3) is 0 Å². The highest BCUT2D eigenvalue weighted by atomic mass is 35.5. The zero-order chi connectivity index (χ0) is 25.1. The number of aliphatic hydroxyl groups is 1. The van der Waals surface area contributed by atoms with Gasteiger partial charge in [0.05, 0.1) is 5.60 Å². The van der Waals surface area contributed by atoms with Gasteiger partial charge < -0.3 is 25.4 Å². The van der Waals surface area contributed by atoms with Crippen LogP contribution in [0.2, 0.25) is 5.02 Å². The number of hydrogen-bond acceptors (Lipinski definition) is 4. The first-order valence-electron chi connectivity index (χ1n) is 13.6. The summed E-state index contributed by atoms with van der Waals surface area (Å²) in [7, 11) is 3.75. The maximum Gasteiger partial charge on any atom is 0.169 e. The molecular formula is C28H46ClN3O2S. The zero-order valence-corrected chi connectivity index (χ0v) is 23.3. The van der Waals surface area contributed by atoms with Gasteiger partial charge in [-0.05, 0) is 81.4 Å². The smallest absolute Gasteiger partial charge is 0.169 e. The Bertz CT molecular complexity index is 776. The number of unbranched alkanes of at least 4 members (excludes halogenated alkanes) is 1.